The van der Waals surface area contributed by atoms with Crippen LogP contribution in [0.5, 0.6) is 5.75 Å². The third-order valence-corrected chi connectivity index (χ3v) is 3.23. The molecular weight excluding hydrogens is 226 g/mol. The second-order valence-electron chi connectivity index (χ2n) is 4.60. The van der Waals surface area contributed by atoms with Crippen LogP contribution in [0.2, 0.25) is 0 Å². The zero-order valence-corrected chi connectivity index (χ0v) is 12.0. The minimum Gasteiger partial charge on any atom is -0.493 e. The van der Waals surface area contributed by atoms with Crippen LogP contribution in [0.1, 0.15) is 30.0 Å². The van der Waals surface area contributed by atoms with E-state index < -0.39 is 0 Å². The normalized spacial score (nSPS) is 12.5. The summed E-state index contributed by atoms with van der Waals surface area (Å²) in [4.78, 5) is 0. The first-order chi connectivity index (χ1) is 8.60. The number of benzene rings is 1. The van der Waals surface area contributed by atoms with Gasteiger partial charge in [-0.25, -0.2) is 0 Å². The predicted octanol–water partition coefficient (Wildman–Crippen LogP) is 2.74. The van der Waals surface area contributed by atoms with Crippen LogP contribution >= 0.6 is 0 Å². The Labute approximate surface area is 110 Å². The van der Waals surface area contributed by atoms with Gasteiger partial charge in [0.15, 0.2) is 0 Å². The van der Waals surface area contributed by atoms with Gasteiger partial charge in [-0.1, -0.05) is 12.1 Å². The summed E-state index contributed by atoms with van der Waals surface area (Å²) in [6.45, 7) is 10.1. The average Bonchev–Trinajstić information content (AvgIpc) is 2.37. The van der Waals surface area contributed by atoms with Crippen molar-refractivity contribution in [3.05, 3.63) is 28.8 Å². The average molecular weight is 251 g/mol. The Hall–Kier alpha value is -1.06. The number of nitrogens with two attached hydrogens (primary N) is 1. The number of rotatable bonds is 7. The van der Waals surface area contributed by atoms with Crippen molar-refractivity contribution in [2.24, 2.45) is 5.73 Å². The Kier molecular flexibility index (Phi) is 6.16. The van der Waals surface area contributed by atoms with Gasteiger partial charge >= 0.3 is 0 Å². The molecule has 0 aliphatic heterocycles. The molecule has 0 heterocycles. The fourth-order valence-corrected chi connectivity index (χ4v) is 1.94. The quantitative estimate of drug-likeness (QED) is 0.810. The lowest BCUT2D eigenvalue weighted by Gasteiger charge is -2.17. The number of ether oxygens (including phenoxy) is 2. The van der Waals surface area contributed by atoms with Gasteiger partial charge in [0.1, 0.15) is 5.75 Å². The zero-order chi connectivity index (χ0) is 13.5. The van der Waals surface area contributed by atoms with Gasteiger partial charge in [0, 0.05) is 19.6 Å². The summed E-state index contributed by atoms with van der Waals surface area (Å²) in [5.41, 5.74) is 9.30. The smallest absolute Gasteiger partial charge is 0.125 e. The molecule has 1 rings (SSSR count). The highest BCUT2D eigenvalue weighted by molar-refractivity contribution is 5.44. The molecule has 102 valence electrons. The third kappa shape index (κ3) is 4.00. The fraction of sp³-hybridized carbons (Fsp3) is 0.600. The maximum atomic E-state index is 5.89. The van der Waals surface area contributed by atoms with Crippen molar-refractivity contribution in [2.75, 3.05) is 19.8 Å². The van der Waals surface area contributed by atoms with E-state index in [1.807, 2.05) is 6.92 Å². The maximum Gasteiger partial charge on any atom is 0.125 e. The Balaban J connectivity index is 2.56. The van der Waals surface area contributed by atoms with Crippen molar-refractivity contribution in [1.82, 2.24) is 0 Å². The molecule has 0 bridgehead atoms. The highest BCUT2D eigenvalue weighted by atomic mass is 16.5. The fourth-order valence-electron chi connectivity index (χ4n) is 1.94. The van der Waals surface area contributed by atoms with Crippen LogP contribution in [0, 0.1) is 20.8 Å². The minimum absolute atomic E-state index is 0.0976. The van der Waals surface area contributed by atoms with Gasteiger partial charge in [-0.2, -0.15) is 0 Å². The molecule has 2 N–H and O–H groups in total. The van der Waals surface area contributed by atoms with Crippen molar-refractivity contribution in [3.63, 3.8) is 0 Å². The lowest BCUT2D eigenvalue weighted by Crippen LogP contribution is -2.26. The summed E-state index contributed by atoms with van der Waals surface area (Å²) in [6.07, 6.45) is 0.928. The van der Waals surface area contributed by atoms with Crippen LogP contribution < -0.4 is 10.5 Å². The van der Waals surface area contributed by atoms with Gasteiger partial charge in [0.05, 0.1) is 12.7 Å². The lowest BCUT2D eigenvalue weighted by atomic mass is 10.1. The molecule has 0 saturated carbocycles. The number of hydrogen-bond donors (Lipinski definition) is 1. The molecule has 1 unspecified atom stereocenters. The second kappa shape index (κ2) is 7.39. The van der Waals surface area contributed by atoms with Gasteiger partial charge in [0.25, 0.3) is 0 Å². The van der Waals surface area contributed by atoms with Gasteiger partial charge < -0.3 is 15.2 Å². The van der Waals surface area contributed by atoms with E-state index in [-0.39, 0.29) is 6.10 Å². The van der Waals surface area contributed by atoms with Gasteiger partial charge in [-0.15, -0.1) is 0 Å². The Morgan fingerprint density at radius 1 is 1.17 bits per heavy atom. The Bertz CT molecular complexity index is 377. The molecule has 0 amide bonds. The SMILES string of the molecule is CCOC(CN)CCOc1c(C)ccc(C)c1C. The monoisotopic (exact) mass is 251 g/mol. The molecule has 0 radical (unpaired) electrons. The van der Waals surface area contributed by atoms with Crippen LogP contribution in [0.15, 0.2) is 12.1 Å². The van der Waals surface area contributed by atoms with Crippen LogP contribution in [-0.2, 0) is 4.74 Å². The van der Waals surface area contributed by atoms with Crippen molar-refractivity contribution < 1.29 is 9.47 Å². The molecule has 0 aliphatic carbocycles. The largest absolute Gasteiger partial charge is 0.493 e. The Morgan fingerprint density at radius 3 is 2.44 bits per heavy atom. The minimum atomic E-state index is 0.0976. The van der Waals surface area contributed by atoms with Crippen molar-refractivity contribution >= 4 is 0 Å². The van der Waals surface area contributed by atoms with Gasteiger partial charge in [-0.05, 0) is 44.4 Å². The van der Waals surface area contributed by atoms with Crippen LogP contribution in [-0.4, -0.2) is 25.9 Å². The third-order valence-electron chi connectivity index (χ3n) is 3.23. The topological polar surface area (TPSA) is 44.5 Å². The highest BCUT2D eigenvalue weighted by Gasteiger charge is 2.09. The predicted molar refractivity (Wildman–Crippen MR) is 75.2 cm³/mol. The molecule has 1 aromatic rings. The number of hydrogen-bond acceptors (Lipinski definition) is 3. The van der Waals surface area contributed by atoms with E-state index in [2.05, 4.69) is 32.9 Å². The van der Waals surface area contributed by atoms with Crippen molar-refractivity contribution in [2.45, 2.75) is 40.2 Å². The first-order valence-electron chi connectivity index (χ1n) is 6.61. The van der Waals surface area contributed by atoms with E-state index in [0.717, 1.165) is 12.2 Å². The van der Waals surface area contributed by atoms with E-state index in [4.69, 9.17) is 15.2 Å². The lowest BCUT2D eigenvalue weighted by molar-refractivity contribution is 0.0525. The summed E-state index contributed by atoms with van der Waals surface area (Å²) in [6, 6.07) is 4.22. The molecule has 0 spiro atoms. The molecule has 0 fully saturated rings. The first-order valence-corrected chi connectivity index (χ1v) is 6.61. The zero-order valence-electron chi connectivity index (χ0n) is 12.0. The molecule has 1 atom stereocenters. The summed E-state index contributed by atoms with van der Waals surface area (Å²) < 4.78 is 11.4. The van der Waals surface area contributed by atoms with E-state index >= 15 is 0 Å². The molecule has 0 saturated heterocycles. The van der Waals surface area contributed by atoms with Gasteiger partial charge in [-0.3, -0.25) is 0 Å². The first kappa shape index (κ1) is 15.0. The number of aryl methyl sites for hydroxylation is 2. The summed E-state index contributed by atoms with van der Waals surface area (Å²) in [5, 5.41) is 0. The van der Waals surface area contributed by atoms with Gasteiger partial charge in [0.2, 0.25) is 0 Å². The van der Waals surface area contributed by atoms with Crippen LogP contribution in [0.3, 0.4) is 0 Å². The molecular formula is C15H25NO2. The van der Waals surface area contributed by atoms with E-state index in [1.54, 1.807) is 0 Å². The molecule has 0 aromatic heterocycles. The second-order valence-corrected chi connectivity index (χ2v) is 4.60. The molecule has 0 aliphatic rings. The summed E-state index contributed by atoms with van der Waals surface area (Å²) >= 11 is 0. The molecule has 3 heteroatoms. The molecule has 18 heavy (non-hydrogen) atoms. The standard InChI is InChI=1S/C15H25NO2/c1-5-17-14(10-16)8-9-18-15-12(3)7-6-11(2)13(15)4/h6-7,14H,5,8-10,16H2,1-4H3. The summed E-state index contributed by atoms with van der Waals surface area (Å²) in [5.74, 6) is 1.00. The maximum absolute atomic E-state index is 5.89. The van der Waals surface area contributed by atoms with E-state index in [9.17, 15) is 0 Å². The van der Waals surface area contributed by atoms with E-state index in [1.165, 1.54) is 16.7 Å². The van der Waals surface area contributed by atoms with Crippen LogP contribution in [0.25, 0.3) is 0 Å². The van der Waals surface area contributed by atoms with E-state index in [0.29, 0.717) is 19.8 Å². The molecule has 1 aromatic carbocycles. The van der Waals surface area contributed by atoms with Crippen LogP contribution in [0.4, 0.5) is 0 Å². The van der Waals surface area contributed by atoms with Crippen molar-refractivity contribution in [1.29, 1.82) is 0 Å². The van der Waals surface area contributed by atoms with Crippen molar-refractivity contribution in [3.8, 4) is 5.75 Å². The summed E-state index contributed by atoms with van der Waals surface area (Å²) in [7, 11) is 0. The Morgan fingerprint density at radius 2 is 1.83 bits per heavy atom. The highest BCUT2D eigenvalue weighted by Crippen LogP contribution is 2.25. The molecule has 3 nitrogen and oxygen atoms in total.